The van der Waals surface area contributed by atoms with Gasteiger partial charge in [0.25, 0.3) is 5.91 Å². The fourth-order valence-electron chi connectivity index (χ4n) is 5.13. The number of carbonyl (C=O) groups excluding carboxylic acids is 1. The number of aliphatic carboxylic acids is 1. The second-order valence-electron chi connectivity index (χ2n) is 10.1. The number of carboxylic acids is 1. The van der Waals surface area contributed by atoms with Crippen LogP contribution in [0.2, 0.25) is 0 Å². The molecule has 7 nitrogen and oxygen atoms in total. The number of amides is 1. The first kappa shape index (κ1) is 29.6. The van der Waals surface area contributed by atoms with Gasteiger partial charge in [0.05, 0.1) is 6.10 Å². The van der Waals surface area contributed by atoms with E-state index in [4.69, 9.17) is 9.47 Å². The summed E-state index contributed by atoms with van der Waals surface area (Å²) in [7, 11) is 1.75. The maximum atomic E-state index is 13.4. The first-order valence-electron chi connectivity index (χ1n) is 13.6. The normalized spacial score (nSPS) is 17.9. The molecule has 0 radical (unpaired) electrons. The number of nitrogens with zero attached hydrogens (tertiary/aromatic N) is 1. The van der Waals surface area contributed by atoms with E-state index in [1.54, 1.807) is 18.9 Å². The topological polar surface area (TPSA) is 88.1 Å². The van der Waals surface area contributed by atoms with Gasteiger partial charge < -0.3 is 19.9 Å². The van der Waals surface area contributed by atoms with Crippen molar-refractivity contribution in [3.63, 3.8) is 0 Å². The molecule has 0 spiro atoms. The molecule has 40 heavy (non-hydrogen) atoms. The maximum Gasteiger partial charge on any atom is 0.326 e. The molecule has 1 fully saturated rings. The molecule has 4 rings (SSSR count). The molecule has 3 aromatic rings. The van der Waals surface area contributed by atoms with Crippen LogP contribution in [0.3, 0.4) is 0 Å². The van der Waals surface area contributed by atoms with Gasteiger partial charge in [-0.2, -0.15) is 11.8 Å². The maximum absolute atomic E-state index is 13.4. The monoisotopic (exact) mass is 562 g/mol. The van der Waals surface area contributed by atoms with E-state index < -0.39 is 12.0 Å². The van der Waals surface area contributed by atoms with Crippen molar-refractivity contribution in [1.82, 2.24) is 10.2 Å². The van der Waals surface area contributed by atoms with Crippen LogP contribution < -0.4 is 10.1 Å². The molecule has 0 saturated carbocycles. The van der Waals surface area contributed by atoms with Gasteiger partial charge in [-0.05, 0) is 78.3 Å². The second-order valence-corrected chi connectivity index (χ2v) is 11.1. The lowest BCUT2D eigenvalue weighted by molar-refractivity contribution is -0.139. The quantitative estimate of drug-likeness (QED) is 0.294. The fourth-order valence-corrected chi connectivity index (χ4v) is 5.61. The Bertz CT molecular complexity index is 1290. The summed E-state index contributed by atoms with van der Waals surface area (Å²) in [4.78, 5) is 27.6. The Morgan fingerprint density at radius 1 is 1.07 bits per heavy atom. The third-order valence-corrected chi connectivity index (χ3v) is 8.02. The van der Waals surface area contributed by atoms with E-state index in [0.717, 1.165) is 41.0 Å². The molecule has 2 N–H and O–H groups in total. The predicted octanol–water partition coefficient (Wildman–Crippen LogP) is 5.27. The fraction of sp³-hybridized carbons (Fsp3) is 0.375. The summed E-state index contributed by atoms with van der Waals surface area (Å²) in [6.07, 6.45) is 3.28. The van der Waals surface area contributed by atoms with E-state index in [9.17, 15) is 14.7 Å². The third kappa shape index (κ3) is 7.65. The lowest BCUT2D eigenvalue weighted by Gasteiger charge is -2.25. The number of rotatable bonds is 13. The van der Waals surface area contributed by atoms with Crippen LogP contribution in [-0.2, 0) is 16.1 Å². The SMILES string of the molecule is COC1C[C@H](COc2ccccc2)N(Cc2ccc(C(=O)N[C@@H](CCSC)C(=O)O)c(-c3ccccc3C)c2)C1. The summed E-state index contributed by atoms with van der Waals surface area (Å²) >= 11 is 1.56. The van der Waals surface area contributed by atoms with E-state index in [-0.39, 0.29) is 18.1 Å². The van der Waals surface area contributed by atoms with Gasteiger partial charge in [-0.25, -0.2) is 4.79 Å². The number of hydrogen-bond acceptors (Lipinski definition) is 6. The summed E-state index contributed by atoms with van der Waals surface area (Å²) in [5.41, 5.74) is 4.31. The number of hydrogen-bond donors (Lipinski definition) is 2. The Kier molecular flexibility index (Phi) is 10.6. The van der Waals surface area contributed by atoms with Crippen LogP contribution in [0.4, 0.5) is 0 Å². The Morgan fingerprint density at radius 3 is 2.52 bits per heavy atom. The van der Waals surface area contributed by atoms with Crippen molar-refractivity contribution >= 4 is 23.6 Å². The number of thioether (sulfide) groups is 1. The van der Waals surface area contributed by atoms with E-state index in [1.165, 1.54) is 0 Å². The van der Waals surface area contributed by atoms with Crippen LogP contribution in [-0.4, -0.2) is 72.3 Å². The highest BCUT2D eigenvalue weighted by atomic mass is 32.2. The number of para-hydroxylation sites is 1. The molecule has 1 aliphatic rings. The lowest BCUT2D eigenvalue weighted by Crippen LogP contribution is -2.41. The van der Waals surface area contributed by atoms with Gasteiger partial charge in [-0.1, -0.05) is 48.5 Å². The van der Waals surface area contributed by atoms with Gasteiger partial charge in [0.15, 0.2) is 0 Å². The average molecular weight is 563 g/mol. The number of ether oxygens (including phenoxy) is 2. The zero-order valence-electron chi connectivity index (χ0n) is 23.3. The van der Waals surface area contributed by atoms with Gasteiger partial charge in [-0.15, -0.1) is 0 Å². The van der Waals surface area contributed by atoms with Gasteiger partial charge in [-0.3, -0.25) is 9.69 Å². The van der Waals surface area contributed by atoms with E-state index in [1.807, 2.05) is 79.9 Å². The Morgan fingerprint density at radius 2 is 1.82 bits per heavy atom. The van der Waals surface area contributed by atoms with Gasteiger partial charge in [0.2, 0.25) is 0 Å². The van der Waals surface area contributed by atoms with Crippen molar-refractivity contribution in [3.05, 3.63) is 89.5 Å². The Balaban J connectivity index is 1.59. The lowest BCUT2D eigenvalue weighted by atomic mass is 9.93. The van der Waals surface area contributed by atoms with Crippen LogP contribution in [0.25, 0.3) is 11.1 Å². The summed E-state index contributed by atoms with van der Waals surface area (Å²) in [6.45, 7) is 4.04. The molecular formula is C32H38N2O5S. The highest BCUT2D eigenvalue weighted by molar-refractivity contribution is 7.98. The van der Waals surface area contributed by atoms with Crippen LogP contribution >= 0.6 is 11.8 Å². The molecule has 1 saturated heterocycles. The molecule has 1 unspecified atom stereocenters. The highest BCUT2D eigenvalue weighted by Crippen LogP contribution is 2.30. The molecule has 3 atom stereocenters. The molecule has 212 valence electrons. The van der Waals surface area contributed by atoms with Gasteiger partial charge in [0, 0.05) is 31.8 Å². The minimum absolute atomic E-state index is 0.125. The first-order valence-corrected chi connectivity index (χ1v) is 14.9. The number of carbonyl (C=O) groups is 2. The molecule has 0 bridgehead atoms. The summed E-state index contributed by atoms with van der Waals surface area (Å²) < 4.78 is 11.8. The average Bonchev–Trinajstić information content (AvgIpc) is 3.36. The summed E-state index contributed by atoms with van der Waals surface area (Å²) in [6, 6.07) is 22.8. The first-order chi connectivity index (χ1) is 19.4. The minimum Gasteiger partial charge on any atom is -0.492 e. The highest BCUT2D eigenvalue weighted by Gasteiger charge is 2.33. The van der Waals surface area contributed by atoms with E-state index >= 15 is 0 Å². The van der Waals surface area contributed by atoms with Crippen molar-refractivity contribution in [1.29, 1.82) is 0 Å². The molecule has 0 aromatic heterocycles. The van der Waals surface area contributed by atoms with E-state index in [0.29, 0.717) is 30.9 Å². The van der Waals surface area contributed by atoms with Crippen LogP contribution in [0.5, 0.6) is 5.75 Å². The Labute approximate surface area is 240 Å². The number of likely N-dealkylation sites (tertiary alicyclic amines) is 1. The van der Waals surface area contributed by atoms with Crippen molar-refractivity contribution in [3.8, 4) is 16.9 Å². The Hall–Kier alpha value is -3.33. The number of methoxy groups -OCH3 is 1. The van der Waals surface area contributed by atoms with Crippen LogP contribution in [0.15, 0.2) is 72.8 Å². The molecule has 8 heteroatoms. The molecule has 0 aliphatic carbocycles. The van der Waals surface area contributed by atoms with Gasteiger partial charge >= 0.3 is 5.97 Å². The molecule has 1 aliphatic heterocycles. The standard InChI is InChI=1S/C32H38N2O5S/c1-22-9-7-8-12-27(22)29-17-23(13-14-28(29)31(35)33-30(32(36)37)15-16-40-3)19-34-20-26(38-2)18-24(34)21-39-25-10-5-4-6-11-25/h4-14,17,24,26,30H,15-16,18-21H2,1-3H3,(H,33,35)(H,36,37)/t24-,26?,30+/m1/s1. The molecule has 1 amide bonds. The van der Waals surface area contributed by atoms with Crippen LogP contribution in [0.1, 0.15) is 34.3 Å². The van der Waals surface area contributed by atoms with Crippen molar-refractivity contribution < 1.29 is 24.2 Å². The smallest absolute Gasteiger partial charge is 0.326 e. The van der Waals surface area contributed by atoms with Crippen molar-refractivity contribution in [2.75, 3.05) is 32.3 Å². The van der Waals surface area contributed by atoms with Crippen molar-refractivity contribution in [2.24, 2.45) is 0 Å². The summed E-state index contributed by atoms with van der Waals surface area (Å²) in [5, 5.41) is 12.4. The molecular weight excluding hydrogens is 524 g/mol. The van der Waals surface area contributed by atoms with Crippen LogP contribution in [0, 0.1) is 6.92 Å². The predicted molar refractivity (Wildman–Crippen MR) is 160 cm³/mol. The van der Waals surface area contributed by atoms with Crippen molar-refractivity contribution in [2.45, 2.75) is 44.5 Å². The minimum atomic E-state index is -1.03. The zero-order chi connectivity index (χ0) is 28.5. The zero-order valence-corrected chi connectivity index (χ0v) is 24.2. The number of carboxylic acid groups (broad SMARTS) is 1. The second kappa shape index (κ2) is 14.3. The number of aryl methyl sites for hydroxylation is 1. The van der Waals surface area contributed by atoms with E-state index in [2.05, 4.69) is 16.3 Å². The largest absolute Gasteiger partial charge is 0.492 e. The number of benzene rings is 3. The number of nitrogens with one attached hydrogen (secondary N) is 1. The molecule has 1 heterocycles. The summed E-state index contributed by atoms with van der Waals surface area (Å²) in [5.74, 6) is 0.0848. The third-order valence-electron chi connectivity index (χ3n) is 7.37. The van der Waals surface area contributed by atoms with Gasteiger partial charge in [0.1, 0.15) is 18.4 Å². The molecule has 3 aromatic carbocycles.